The maximum Gasteiger partial charge on any atom is 0.198 e. The molecule has 0 atom stereocenters. The van der Waals surface area contributed by atoms with Crippen LogP contribution < -0.4 is 10.6 Å². The number of nitrogens with zero attached hydrogens (tertiary/aromatic N) is 4. The van der Waals surface area contributed by atoms with Gasteiger partial charge in [-0.3, -0.25) is 0 Å². The van der Waals surface area contributed by atoms with Gasteiger partial charge in [0, 0.05) is 29.6 Å². The molecule has 6 rings (SSSR count). The summed E-state index contributed by atoms with van der Waals surface area (Å²) in [6.07, 6.45) is 14.1. The molecule has 0 N–H and O–H groups in total. The Morgan fingerprint density at radius 3 is 2.77 bits per heavy atom. The van der Waals surface area contributed by atoms with Crippen LogP contribution in [0, 0.1) is 0 Å². The van der Waals surface area contributed by atoms with Gasteiger partial charge in [-0.2, -0.15) is 0 Å². The number of hydrogen-bond donors (Lipinski definition) is 0. The molecule has 4 nitrogen and oxygen atoms in total. The van der Waals surface area contributed by atoms with Gasteiger partial charge in [-0.1, -0.05) is 42.5 Å². The second kappa shape index (κ2) is 5.05. The highest BCUT2D eigenvalue weighted by Gasteiger charge is 2.21. The maximum absolute atomic E-state index is 4.77. The highest BCUT2D eigenvalue weighted by Crippen LogP contribution is 2.35. The minimum absolute atomic E-state index is 0.589. The quantitative estimate of drug-likeness (QED) is 0.536. The third-order valence-electron chi connectivity index (χ3n) is 5.25. The Morgan fingerprint density at radius 2 is 1.77 bits per heavy atom. The molecule has 3 aliphatic rings. The Hall–Kier alpha value is -3.40. The molecule has 26 heavy (non-hydrogen) atoms. The lowest BCUT2D eigenvalue weighted by Crippen LogP contribution is -2.28. The monoisotopic (exact) mass is 334 g/mol. The first kappa shape index (κ1) is 13.8. The minimum Gasteiger partial charge on any atom is -0.233 e. The molecule has 0 amide bonds. The van der Waals surface area contributed by atoms with Crippen LogP contribution in [0.25, 0.3) is 34.4 Å². The standard InChI is InChI=1S/C22H14N4/c1-3-7-15-13(5-1)9-19-17(15)11-23-21(25-19)22-24-12-18-16-8-4-2-6-14(16)10-20(18)26-22/h1-7,10-12H,8-9H2. The zero-order chi connectivity index (χ0) is 17.1. The summed E-state index contributed by atoms with van der Waals surface area (Å²) < 4.78 is 0. The van der Waals surface area contributed by atoms with E-state index in [0.29, 0.717) is 11.6 Å². The highest BCUT2D eigenvalue weighted by atomic mass is 15.0. The molecular weight excluding hydrogens is 320 g/mol. The van der Waals surface area contributed by atoms with E-state index < -0.39 is 0 Å². The Kier molecular flexibility index (Phi) is 2.69. The van der Waals surface area contributed by atoms with Crippen molar-refractivity contribution in [2.45, 2.75) is 12.8 Å². The topological polar surface area (TPSA) is 51.6 Å². The third-order valence-corrected chi connectivity index (χ3v) is 5.25. The Bertz CT molecular complexity index is 1280. The smallest absolute Gasteiger partial charge is 0.198 e. The van der Waals surface area contributed by atoms with Crippen molar-refractivity contribution in [2.75, 3.05) is 0 Å². The van der Waals surface area contributed by atoms with Gasteiger partial charge in [0.05, 0.1) is 11.0 Å². The Balaban J connectivity index is 1.47. The Morgan fingerprint density at radius 1 is 0.885 bits per heavy atom. The lowest BCUT2D eigenvalue weighted by molar-refractivity contribution is 1.01. The molecule has 4 heteroatoms. The van der Waals surface area contributed by atoms with Gasteiger partial charge in [0.25, 0.3) is 0 Å². The summed E-state index contributed by atoms with van der Waals surface area (Å²) in [5, 5.41) is 2.09. The number of aromatic nitrogens is 4. The van der Waals surface area contributed by atoms with Crippen molar-refractivity contribution < 1.29 is 0 Å². The van der Waals surface area contributed by atoms with E-state index in [2.05, 4.69) is 58.5 Å². The second-order valence-corrected chi connectivity index (χ2v) is 6.76. The molecule has 2 aromatic heterocycles. The first-order valence-electron chi connectivity index (χ1n) is 8.76. The lowest BCUT2D eigenvalue weighted by Gasteiger charge is -2.04. The fraction of sp³-hybridized carbons (Fsp3) is 0.0909. The van der Waals surface area contributed by atoms with Crippen LogP contribution in [0.5, 0.6) is 0 Å². The summed E-state index contributed by atoms with van der Waals surface area (Å²) in [5.41, 5.74) is 7.25. The van der Waals surface area contributed by atoms with Crippen molar-refractivity contribution >= 4 is 11.6 Å². The van der Waals surface area contributed by atoms with Gasteiger partial charge in [0.2, 0.25) is 0 Å². The van der Waals surface area contributed by atoms with Crippen molar-refractivity contribution in [1.82, 2.24) is 19.9 Å². The second-order valence-electron chi connectivity index (χ2n) is 6.76. The van der Waals surface area contributed by atoms with Gasteiger partial charge in [-0.25, -0.2) is 19.9 Å². The van der Waals surface area contributed by atoms with Crippen LogP contribution in [-0.4, -0.2) is 19.9 Å². The van der Waals surface area contributed by atoms with Crippen LogP contribution in [0.3, 0.4) is 0 Å². The average Bonchev–Trinajstić information content (AvgIpc) is 3.24. The minimum atomic E-state index is 0.589. The first-order valence-corrected chi connectivity index (χ1v) is 8.76. The summed E-state index contributed by atoms with van der Waals surface area (Å²) in [6.45, 7) is 0. The van der Waals surface area contributed by atoms with Crippen molar-refractivity contribution in [3.05, 3.63) is 82.3 Å². The van der Waals surface area contributed by atoms with Crippen LogP contribution in [0.1, 0.15) is 17.7 Å². The molecule has 0 saturated carbocycles. The maximum atomic E-state index is 4.77. The fourth-order valence-corrected chi connectivity index (χ4v) is 3.97. The zero-order valence-electron chi connectivity index (χ0n) is 14.0. The number of allylic oxidation sites excluding steroid dienone is 4. The molecule has 3 aliphatic carbocycles. The third kappa shape index (κ3) is 1.90. The van der Waals surface area contributed by atoms with Crippen LogP contribution >= 0.6 is 0 Å². The molecule has 0 spiro atoms. The Labute approximate surface area is 150 Å². The van der Waals surface area contributed by atoms with Crippen molar-refractivity contribution in [2.24, 2.45) is 0 Å². The van der Waals surface area contributed by atoms with Gasteiger partial charge in [-0.05, 0) is 34.8 Å². The van der Waals surface area contributed by atoms with E-state index >= 15 is 0 Å². The molecule has 0 bridgehead atoms. The van der Waals surface area contributed by atoms with E-state index in [4.69, 9.17) is 9.97 Å². The summed E-state index contributed by atoms with van der Waals surface area (Å²) in [5.74, 6) is 1.19. The lowest BCUT2D eigenvalue weighted by atomic mass is 10.0. The van der Waals surface area contributed by atoms with E-state index in [1.165, 1.54) is 22.3 Å². The van der Waals surface area contributed by atoms with E-state index in [9.17, 15) is 0 Å². The van der Waals surface area contributed by atoms with E-state index in [1.807, 2.05) is 12.4 Å². The predicted molar refractivity (Wildman–Crippen MR) is 100 cm³/mol. The number of hydrogen-bond acceptors (Lipinski definition) is 4. The van der Waals surface area contributed by atoms with Gasteiger partial charge in [0.15, 0.2) is 11.6 Å². The van der Waals surface area contributed by atoms with Gasteiger partial charge in [0.1, 0.15) is 0 Å². The molecule has 0 fully saturated rings. The molecule has 0 saturated heterocycles. The van der Waals surface area contributed by atoms with Gasteiger partial charge < -0.3 is 0 Å². The molecular formula is C22H14N4. The van der Waals surface area contributed by atoms with E-state index in [1.54, 1.807) is 0 Å². The molecule has 1 aromatic carbocycles. The summed E-state index contributed by atoms with van der Waals surface area (Å²) in [6, 6.07) is 8.41. The van der Waals surface area contributed by atoms with E-state index in [0.717, 1.165) is 34.7 Å². The number of fused-ring (bicyclic) bond motifs is 5. The molecule has 122 valence electrons. The fourth-order valence-electron chi connectivity index (χ4n) is 3.97. The van der Waals surface area contributed by atoms with Crippen molar-refractivity contribution in [3.8, 4) is 22.8 Å². The molecule has 0 unspecified atom stereocenters. The van der Waals surface area contributed by atoms with Crippen molar-refractivity contribution in [1.29, 1.82) is 0 Å². The summed E-state index contributed by atoms with van der Waals surface area (Å²) in [4.78, 5) is 18.6. The first-order chi connectivity index (χ1) is 12.9. The SMILES string of the molecule is C1=CCC2=c3cnc(-c4ncc5c(n4)Cc4ccccc4-5)nc3=CC2=C1. The largest absolute Gasteiger partial charge is 0.233 e. The van der Waals surface area contributed by atoms with Gasteiger partial charge in [-0.15, -0.1) is 0 Å². The molecule has 3 aromatic rings. The van der Waals surface area contributed by atoms with Crippen LogP contribution in [0.15, 0.2) is 60.5 Å². The number of benzene rings is 1. The summed E-state index contributed by atoms with van der Waals surface area (Å²) in [7, 11) is 0. The van der Waals surface area contributed by atoms with Crippen LogP contribution in [0.4, 0.5) is 0 Å². The predicted octanol–water partition coefficient (Wildman–Crippen LogP) is 2.34. The number of rotatable bonds is 1. The molecule has 2 heterocycles. The zero-order valence-corrected chi connectivity index (χ0v) is 14.0. The molecule has 0 aliphatic heterocycles. The summed E-state index contributed by atoms with van der Waals surface area (Å²) >= 11 is 0. The normalized spacial score (nSPS) is 15.7. The highest BCUT2D eigenvalue weighted by molar-refractivity contribution is 5.83. The van der Waals surface area contributed by atoms with Gasteiger partial charge >= 0.3 is 0 Å². The van der Waals surface area contributed by atoms with Crippen molar-refractivity contribution in [3.63, 3.8) is 0 Å². The average molecular weight is 334 g/mol. The van der Waals surface area contributed by atoms with Crippen LogP contribution in [0.2, 0.25) is 0 Å². The van der Waals surface area contributed by atoms with E-state index in [-0.39, 0.29) is 0 Å². The van der Waals surface area contributed by atoms with Crippen LogP contribution in [-0.2, 0) is 6.42 Å². The molecule has 0 radical (unpaired) electrons.